The number of rotatable bonds is 2. The lowest BCUT2D eigenvalue weighted by molar-refractivity contribution is -0.112. The standard InChI is InChI=1S/2C7H12O.CH5N/c2*8-6-7-4-2-1-3-5-7;1-2/h2*6-7H,1-5H2;2H2,1H3. The monoisotopic (exact) mass is 255 g/mol. The number of carbonyl (C=O) groups is 2. The first-order chi connectivity index (χ1) is 8.86. The molecule has 0 saturated heterocycles. The molecule has 2 rings (SSSR count). The minimum absolute atomic E-state index is 0.406. The zero-order chi connectivity index (χ0) is 13.6. The van der Waals surface area contributed by atoms with Gasteiger partial charge in [-0.3, -0.25) is 0 Å². The van der Waals surface area contributed by atoms with Gasteiger partial charge in [-0.2, -0.15) is 0 Å². The minimum atomic E-state index is 0.406. The van der Waals surface area contributed by atoms with Gasteiger partial charge in [0.15, 0.2) is 0 Å². The van der Waals surface area contributed by atoms with E-state index in [9.17, 15) is 9.59 Å². The van der Waals surface area contributed by atoms with Crippen LogP contribution in [0.5, 0.6) is 0 Å². The number of carbonyl (C=O) groups excluding carboxylic acids is 2. The Balaban J connectivity index is 0.000000283. The molecule has 0 aromatic heterocycles. The number of hydrogen-bond donors (Lipinski definition) is 1. The Kier molecular flexibility index (Phi) is 12.3. The van der Waals surface area contributed by atoms with Crippen LogP contribution >= 0.6 is 0 Å². The molecule has 3 nitrogen and oxygen atoms in total. The van der Waals surface area contributed by atoms with E-state index in [0.717, 1.165) is 38.3 Å². The maximum atomic E-state index is 10.2. The lowest BCUT2D eigenvalue weighted by atomic mass is 9.91. The fraction of sp³-hybridized carbons (Fsp3) is 0.867. The molecule has 0 heterocycles. The second-order valence-electron chi connectivity index (χ2n) is 5.07. The maximum absolute atomic E-state index is 10.2. The van der Waals surface area contributed by atoms with Gasteiger partial charge in [-0.1, -0.05) is 38.5 Å². The summed E-state index contributed by atoms with van der Waals surface area (Å²) >= 11 is 0. The Hall–Kier alpha value is -0.700. The summed E-state index contributed by atoms with van der Waals surface area (Å²) in [6.07, 6.45) is 14.5. The first kappa shape index (κ1) is 17.3. The fourth-order valence-corrected chi connectivity index (χ4v) is 2.54. The van der Waals surface area contributed by atoms with E-state index in [1.165, 1.54) is 45.6 Å². The van der Waals surface area contributed by atoms with Gasteiger partial charge in [-0.05, 0) is 32.7 Å². The second kappa shape index (κ2) is 12.7. The number of hydrogen-bond acceptors (Lipinski definition) is 3. The molecule has 0 aromatic rings. The molecule has 0 spiro atoms. The summed E-state index contributed by atoms with van der Waals surface area (Å²) in [7, 11) is 1.50. The van der Waals surface area contributed by atoms with Crippen molar-refractivity contribution in [3.05, 3.63) is 0 Å². The highest BCUT2D eigenvalue weighted by molar-refractivity contribution is 5.53. The molecule has 0 bridgehead atoms. The molecule has 106 valence electrons. The Morgan fingerprint density at radius 2 is 0.944 bits per heavy atom. The molecule has 2 aliphatic carbocycles. The zero-order valence-electron chi connectivity index (χ0n) is 11.8. The first-order valence-electron chi connectivity index (χ1n) is 7.35. The summed E-state index contributed by atoms with van der Waals surface area (Å²) < 4.78 is 0. The van der Waals surface area contributed by atoms with Crippen molar-refractivity contribution < 1.29 is 9.59 Å². The topological polar surface area (TPSA) is 60.2 Å². The molecule has 2 fully saturated rings. The Morgan fingerprint density at radius 1 is 0.667 bits per heavy atom. The van der Waals surface area contributed by atoms with Gasteiger partial charge in [0.05, 0.1) is 0 Å². The highest BCUT2D eigenvalue weighted by Crippen LogP contribution is 2.21. The number of nitrogens with two attached hydrogens (primary N) is 1. The van der Waals surface area contributed by atoms with Crippen molar-refractivity contribution in [2.75, 3.05) is 7.05 Å². The van der Waals surface area contributed by atoms with E-state index in [1.54, 1.807) is 0 Å². The van der Waals surface area contributed by atoms with Gasteiger partial charge >= 0.3 is 0 Å². The van der Waals surface area contributed by atoms with Crippen molar-refractivity contribution in [3.8, 4) is 0 Å². The molecule has 2 saturated carbocycles. The molecule has 0 aromatic carbocycles. The van der Waals surface area contributed by atoms with Crippen LogP contribution in [0, 0.1) is 11.8 Å². The van der Waals surface area contributed by atoms with Crippen molar-refractivity contribution in [2.45, 2.75) is 64.2 Å². The average molecular weight is 255 g/mol. The van der Waals surface area contributed by atoms with Crippen LogP contribution in [0.25, 0.3) is 0 Å². The molecule has 0 radical (unpaired) electrons. The Labute approximate surface area is 112 Å². The van der Waals surface area contributed by atoms with E-state index in [2.05, 4.69) is 5.73 Å². The summed E-state index contributed by atoms with van der Waals surface area (Å²) in [6, 6.07) is 0. The average Bonchev–Trinajstić information content (AvgIpc) is 2.51. The molecule has 0 aliphatic heterocycles. The van der Waals surface area contributed by atoms with Crippen molar-refractivity contribution in [3.63, 3.8) is 0 Å². The lowest BCUT2D eigenvalue weighted by Gasteiger charge is -2.14. The van der Waals surface area contributed by atoms with Crippen LogP contribution in [0.15, 0.2) is 0 Å². The van der Waals surface area contributed by atoms with Crippen molar-refractivity contribution in [1.29, 1.82) is 0 Å². The van der Waals surface area contributed by atoms with Crippen LogP contribution in [0.4, 0.5) is 0 Å². The minimum Gasteiger partial charge on any atom is -0.333 e. The smallest absolute Gasteiger partial charge is 0.123 e. The van der Waals surface area contributed by atoms with Crippen LogP contribution in [0.3, 0.4) is 0 Å². The van der Waals surface area contributed by atoms with Gasteiger partial charge in [0.25, 0.3) is 0 Å². The molecule has 0 amide bonds. The van der Waals surface area contributed by atoms with E-state index < -0.39 is 0 Å². The summed E-state index contributed by atoms with van der Waals surface area (Å²) in [6.45, 7) is 0. The second-order valence-corrected chi connectivity index (χ2v) is 5.07. The van der Waals surface area contributed by atoms with Crippen molar-refractivity contribution in [1.82, 2.24) is 0 Å². The first-order valence-corrected chi connectivity index (χ1v) is 7.35. The van der Waals surface area contributed by atoms with E-state index >= 15 is 0 Å². The SMILES string of the molecule is CN.O=CC1CCCCC1.O=CC1CCCCC1. The molecule has 0 unspecified atom stereocenters. The molecular weight excluding hydrogens is 226 g/mol. The van der Waals surface area contributed by atoms with Crippen molar-refractivity contribution >= 4 is 12.6 Å². The third-order valence-electron chi connectivity index (χ3n) is 3.68. The zero-order valence-corrected chi connectivity index (χ0v) is 11.8. The van der Waals surface area contributed by atoms with Gasteiger partial charge in [0.2, 0.25) is 0 Å². The number of aldehydes is 2. The van der Waals surface area contributed by atoms with E-state index in [1.807, 2.05) is 0 Å². The van der Waals surface area contributed by atoms with Gasteiger partial charge in [-0.25, -0.2) is 0 Å². The highest BCUT2D eigenvalue weighted by atomic mass is 16.1. The Bertz CT molecular complexity index is 173. The Morgan fingerprint density at radius 3 is 1.11 bits per heavy atom. The van der Waals surface area contributed by atoms with Crippen molar-refractivity contribution in [2.24, 2.45) is 17.6 Å². The van der Waals surface area contributed by atoms with E-state index in [0.29, 0.717) is 11.8 Å². The third kappa shape index (κ3) is 8.40. The summed E-state index contributed by atoms with van der Waals surface area (Å²) in [5, 5.41) is 0. The molecule has 18 heavy (non-hydrogen) atoms. The molecule has 2 aliphatic rings. The fourth-order valence-electron chi connectivity index (χ4n) is 2.54. The van der Waals surface area contributed by atoms with Gasteiger partial charge in [-0.15, -0.1) is 0 Å². The summed E-state index contributed by atoms with van der Waals surface area (Å²) in [5.74, 6) is 0.812. The van der Waals surface area contributed by atoms with Crippen LogP contribution in [0.2, 0.25) is 0 Å². The van der Waals surface area contributed by atoms with Crippen LogP contribution in [-0.4, -0.2) is 19.6 Å². The lowest BCUT2D eigenvalue weighted by Crippen LogP contribution is -2.06. The van der Waals surface area contributed by atoms with Gasteiger partial charge in [0.1, 0.15) is 12.6 Å². The van der Waals surface area contributed by atoms with Gasteiger partial charge in [0, 0.05) is 11.8 Å². The summed E-state index contributed by atoms with van der Waals surface area (Å²) in [5.41, 5.74) is 4.50. The van der Waals surface area contributed by atoms with E-state index in [-0.39, 0.29) is 0 Å². The summed E-state index contributed by atoms with van der Waals surface area (Å²) in [4.78, 5) is 20.3. The molecule has 2 N–H and O–H groups in total. The predicted molar refractivity (Wildman–Crippen MR) is 75.4 cm³/mol. The van der Waals surface area contributed by atoms with E-state index in [4.69, 9.17) is 0 Å². The molecular formula is C15H29NO2. The van der Waals surface area contributed by atoms with Gasteiger partial charge < -0.3 is 15.3 Å². The van der Waals surface area contributed by atoms with Crippen LogP contribution in [-0.2, 0) is 9.59 Å². The quantitative estimate of drug-likeness (QED) is 0.771. The van der Waals surface area contributed by atoms with Crippen LogP contribution in [0.1, 0.15) is 64.2 Å². The third-order valence-corrected chi connectivity index (χ3v) is 3.68. The highest BCUT2D eigenvalue weighted by Gasteiger charge is 2.11. The largest absolute Gasteiger partial charge is 0.333 e. The van der Waals surface area contributed by atoms with Crippen LogP contribution < -0.4 is 5.73 Å². The predicted octanol–water partition coefficient (Wildman–Crippen LogP) is 3.11. The maximum Gasteiger partial charge on any atom is 0.123 e. The molecule has 3 heteroatoms. The normalized spacial score (nSPS) is 20.8. The molecule has 0 atom stereocenters.